The summed E-state index contributed by atoms with van der Waals surface area (Å²) in [5.41, 5.74) is 8.82. The number of anilines is 2. The molecule has 0 bridgehead atoms. The smallest absolute Gasteiger partial charge is 0.126 e. The molecule has 0 radical (unpaired) electrons. The van der Waals surface area contributed by atoms with Crippen LogP contribution >= 0.6 is 0 Å². The van der Waals surface area contributed by atoms with Crippen LogP contribution in [0.3, 0.4) is 0 Å². The standard InChI is InChI=1S/C14H18N2O/c1-9-4-6-12(15)13(8-9)16-11(3)14-7-5-10(2)17-14/h4-8,11,16H,15H2,1-3H3. The fraction of sp³-hybridized carbons (Fsp3) is 0.286. The van der Waals surface area contributed by atoms with Crippen LogP contribution in [0.2, 0.25) is 0 Å². The van der Waals surface area contributed by atoms with E-state index in [0.717, 1.165) is 22.9 Å². The van der Waals surface area contributed by atoms with Gasteiger partial charge in [-0.1, -0.05) is 6.07 Å². The van der Waals surface area contributed by atoms with Gasteiger partial charge in [-0.25, -0.2) is 0 Å². The second-order valence-electron chi connectivity index (χ2n) is 4.41. The number of benzene rings is 1. The zero-order valence-electron chi connectivity index (χ0n) is 10.4. The van der Waals surface area contributed by atoms with Crippen LogP contribution in [0.25, 0.3) is 0 Å². The molecule has 0 spiro atoms. The first-order valence-electron chi connectivity index (χ1n) is 5.75. The maximum atomic E-state index is 5.93. The Bertz CT molecular complexity index is 517. The molecule has 1 heterocycles. The van der Waals surface area contributed by atoms with E-state index < -0.39 is 0 Å². The van der Waals surface area contributed by atoms with Crippen molar-refractivity contribution in [1.29, 1.82) is 0 Å². The molecule has 1 aromatic carbocycles. The average molecular weight is 230 g/mol. The first-order chi connectivity index (χ1) is 8.06. The molecule has 2 rings (SSSR count). The molecule has 90 valence electrons. The lowest BCUT2D eigenvalue weighted by molar-refractivity contribution is 0.467. The van der Waals surface area contributed by atoms with Crippen LogP contribution in [-0.2, 0) is 0 Å². The van der Waals surface area contributed by atoms with Crippen molar-refractivity contribution in [3.8, 4) is 0 Å². The Labute approximate surface area is 102 Å². The Morgan fingerprint density at radius 3 is 2.59 bits per heavy atom. The van der Waals surface area contributed by atoms with Gasteiger partial charge in [-0.2, -0.15) is 0 Å². The Balaban J connectivity index is 2.18. The van der Waals surface area contributed by atoms with Gasteiger partial charge in [0.25, 0.3) is 0 Å². The molecule has 1 atom stereocenters. The number of nitrogen functional groups attached to an aromatic ring is 1. The average Bonchev–Trinajstić information content (AvgIpc) is 2.70. The largest absolute Gasteiger partial charge is 0.464 e. The van der Waals surface area contributed by atoms with E-state index in [1.54, 1.807) is 0 Å². The lowest BCUT2D eigenvalue weighted by atomic mass is 10.1. The summed E-state index contributed by atoms with van der Waals surface area (Å²) >= 11 is 0. The van der Waals surface area contributed by atoms with Crippen molar-refractivity contribution in [2.24, 2.45) is 0 Å². The molecular weight excluding hydrogens is 212 g/mol. The Morgan fingerprint density at radius 2 is 1.94 bits per heavy atom. The van der Waals surface area contributed by atoms with Crippen LogP contribution in [-0.4, -0.2) is 0 Å². The molecule has 3 heteroatoms. The predicted octanol–water partition coefficient (Wildman–Crippen LogP) is 3.65. The van der Waals surface area contributed by atoms with Gasteiger partial charge in [-0.15, -0.1) is 0 Å². The van der Waals surface area contributed by atoms with Gasteiger partial charge in [0.15, 0.2) is 0 Å². The van der Waals surface area contributed by atoms with Crippen LogP contribution in [0.4, 0.5) is 11.4 Å². The number of furan rings is 1. The zero-order chi connectivity index (χ0) is 12.4. The van der Waals surface area contributed by atoms with Gasteiger partial charge in [-0.05, 0) is 50.6 Å². The normalized spacial score (nSPS) is 12.4. The number of aryl methyl sites for hydroxylation is 2. The number of rotatable bonds is 3. The summed E-state index contributed by atoms with van der Waals surface area (Å²) in [6.07, 6.45) is 0. The first kappa shape index (κ1) is 11.6. The molecule has 3 N–H and O–H groups in total. The maximum absolute atomic E-state index is 5.93. The van der Waals surface area contributed by atoms with Crippen LogP contribution in [0.5, 0.6) is 0 Å². The molecule has 1 aromatic heterocycles. The first-order valence-corrected chi connectivity index (χ1v) is 5.75. The molecule has 3 nitrogen and oxygen atoms in total. The minimum atomic E-state index is 0.104. The highest BCUT2D eigenvalue weighted by atomic mass is 16.3. The lowest BCUT2D eigenvalue weighted by Gasteiger charge is -2.15. The molecule has 0 saturated heterocycles. The molecule has 17 heavy (non-hydrogen) atoms. The lowest BCUT2D eigenvalue weighted by Crippen LogP contribution is -2.07. The second-order valence-corrected chi connectivity index (χ2v) is 4.41. The zero-order valence-corrected chi connectivity index (χ0v) is 10.4. The van der Waals surface area contributed by atoms with Crippen molar-refractivity contribution < 1.29 is 4.42 Å². The van der Waals surface area contributed by atoms with E-state index in [2.05, 4.69) is 12.2 Å². The Morgan fingerprint density at radius 1 is 1.18 bits per heavy atom. The quantitative estimate of drug-likeness (QED) is 0.791. The summed E-state index contributed by atoms with van der Waals surface area (Å²) in [4.78, 5) is 0. The monoisotopic (exact) mass is 230 g/mol. The van der Waals surface area contributed by atoms with Gasteiger partial charge < -0.3 is 15.5 Å². The third-order valence-corrected chi connectivity index (χ3v) is 2.77. The van der Waals surface area contributed by atoms with Gasteiger partial charge in [0.1, 0.15) is 11.5 Å². The van der Waals surface area contributed by atoms with Crippen molar-refractivity contribution in [3.63, 3.8) is 0 Å². The number of nitrogens with two attached hydrogens (primary N) is 1. The van der Waals surface area contributed by atoms with E-state index in [1.807, 2.05) is 44.2 Å². The molecule has 0 aliphatic heterocycles. The summed E-state index contributed by atoms with van der Waals surface area (Å²) < 4.78 is 5.58. The van der Waals surface area contributed by atoms with Gasteiger partial charge in [-0.3, -0.25) is 0 Å². The minimum Gasteiger partial charge on any atom is -0.464 e. The molecule has 0 aliphatic rings. The van der Waals surface area contributed by atoms with Crippen molar-refractivity contribution in [1.82, 2.24) is 0 Å². The Hall–Kier alpha value is -1.90. The summed E-state index contributed by atoms with van der Waals surface area (Å²) in [6.45, 7) is 6.05. The van der Waals surface area contributed by atoms with Crippen LogP contribution in [0.15, 0.2) is 34.7 Å². The molecule has 2 aromatic rings. The SMILES string of the molecule is Cc1ccc(N)c(NC(C)c2ccc(C)o2)c1. The third kappa shape index (κ3) is 2.61. The van der Waals surface area contributed by atoms with E-state index in [0.29, 0.717) is 0 Å². The Kier molecular flexibility index (Phi) is 3.09. The van der Waals surface area contributed by atoms with Gasteiger partial charge in [0.2, 0.25) is 0 Å². The van der Waals surface area contributed by atoms with Crippen molar-refractivity contribution in [2.75, 3.05) is 11.1 Å². The van der Waals surface area contributed by atoms with Crippen molar-refractivity contribution in [2.45, 2.75) is 26.8 Å². The fourth-order valence-electron chi connectivity index (χ4n) is 1.79. The van der Waals surface area contributed by atoms with Crippen molar-refractivity contribution in [3.05, 3.63) is 47.4 Å². The highest BCUT2D eigenvalue weighted by molar-refractivity contribution is 5.67. The van der Waals surface area contributed by atoms with E-state index in [1.165, 1.54) is 5.56 Å². The van der Waals surface area contributed by atoms with Gasteiger partial charge >= 0.3 is 0 Å². The van der Waals surface area contributed by atoms with Crippen LogP contribution < -0.4 is 11.1 Å². The van der Waals surface area contributed by atoms with E-state index >= 15 is 0 Å². The minimum absolute atomic E-state index is 0.104. The summed E-state index contributed by atoms with van der Waals surface area (Å²) in [6, 6.07) is 10.0. The molecule has 0 saturated carbocycles. The summed E-state index contributed by atoms with van der Waals surface area (Å²) in [7, 11) is 0. The number of hydrogen-bond acceptors (Lipinski definition) is 3. The number of nitrogens with one attached hydrogen (secondary N) is 1. The fourth-order valence-corrected chi connectivity index (χ4v) is 1.79. The maximum Gasteiger partial charge on any atom is 0.126 e. The molecule has 1 unspecified atom stereocenters. The second kappa shape index (κ2) is 4.53. The van der Waals surface area contributed by atoms with Crippen LogP contribution in [0.1, 0.15) is 30.0 Å². The van der Waals surface area contributed by atoms with Gasteiger partial charge in [0, 0.05) is 0 Å². The van der Waals surface area contributed by atoms with E-state index in [9.17, 15) is 0 Å². The molecular formula is C14H18N2O. The summed E-state index contributed by atoms with van der Waals surface area (Å²) in [5, 5.41) is 3.36. The third-order valence-electron chi connectivity index (χ3n) is 2.77. The molecule has 0 fully saturated rings. The molecule has 0 aliphatic carbocycles. The molecule has 0 amide bonds. The van der Waals surface area contributed by atoms with E-state index in [4.69, 9.17) is 10.2 Å². The highest BCUT2D eigenvalue weighted by Crippen LogP contribution is 2.26. The van der Waals surface area contributed by atoms with Gasteiger partial charge in [0.05, 0.1) is 17.4 Å². The van der Waals surface area contributed by atoms with E-state index in [-0.39, 0.29) is 6.04 Å². The van der Waals surface area contributed by atoms with Crippen LogP contribution in [0, 0.1) is 13.8 Å². The predicted molar refractivity (Wildman–Crippen MR) is 71.1 cm³/mol. The highest BCUT2D eigenvalue weighted by Gasteiger charge is 2.10. The van der Waals surface area contributed by atoms with Crippen molar-refractivity contribution >= 4 is 11.4 Å². The number of hydrogen-bond donors (Lipinski definition) is 2. The summed E-state index contributed by atoms with van der Waals surface area (Å²) in [5.74, 6) is 1.84. The topological polar surface area (TPSA) is 51.2 Å².